The zero-order chi connectivity index (χ0) is 14.1. The number of hydrogen-bond acceptors (Lipinski definition) is 12. The van der Waals surface area contributed by atoms with Gasteiger partial charge in [-0.1, -0.05) is 0 Å². The van der Waals surface area contributed by atoms with Crippen LogP contribution in [-0.4, -0.2) is 0 Å². The maximum Gasteiger partial charge on any atom is 0.210 e. The van der Waals surface area contributed by atoms with Gasteiger partial charge in [-0.3, -0.25) is 0 Å². The number of rotatable bonds is 3. The molecule has 1 aromatic carbocycles. The summed E-state index contributed by atoms with van der Waals surface area (Å²) in [5, 5.41) is 44.6. The van der Waals surface area contributed by atoms with Crippen LogP contribution in [0.1, 0.15) is 35.2 Å². The Hall–Kier alpha value is -3.18. The number of hydrogen-bond donors (Lipinski definition) is 0. The highest BCUT2D eigenvalue weighted by molar-refractivity contribution is 5.35. The summed E-state index contributed by atoms with van der Waals surface area (Å²) in [4.78, 5) is 0. The lowest BCUT2D eigenvalue weighted by Gasteiger charge is -2.11. The second-order valence-corrected chi connectivity index (χ2v) is 4.28. The first-order valence-electron chi connectivity index (χ1n) is 5.95. The van der Waals surface area contributed by atoms with Gasteiger partial charge in [-0.2, -0.15) is 0 Å². The zero-order valence-electron chi connectivity index (χ0n) is 10.3. The van der Waals surface area contributed by atoms with E-state index in [1.54, 1.807) is 0 Å². The van der Waals surface area contributed by atoms with Gasteiger partial charge in [-0.15, -0.1) is 30.7 Å². The smallest absolute Gasteiger partial charge is 0.133 e. The number of benzene rings is 1. The van der Waals surface area contributed by atoms with Crippen molar-refractivity contribution in [3.05, 3.63) is 34.9 Å². The zero-order valence-corrected chi connectivity index (χ0v) is 10.3. The van der Waals surface area contributed by atoms with E-state index in [-0.39, 0.29) is 0 Å². The Morgan fingerprint density at radius 3 is 0.905 bits per heavy atom. The normalized spacial score (nSPS) is 20.6. The van der Waals surface area contributed by atoms with E-state index in [9.17, 15) is 0 Å². The lowest BCUT2D eigenvalue weighted by molar-refractivity contribution is 0.715. The summed E-state index contributed by atoms with van der Waals surface area (Å²) in [5.74, 6) is 0. The largest absolute Gasteiger partial charge is 0.210 e. The van der Waals surface area contributed by atoms with Crippen LogP contribution in [0, 0.1) is 0 Å². The predicted octanol–water partition coefficient (Wildman–Crippen LogP) is 4.18. The van der Waals surface area contributed by atoms with Crippen LogP contribution in [0.2, 0.25) is 0 Å². The molecule has 3 aliphatic heterocycles. The van der Waals surface area contributed by atoms with Crippen molar-refractivity contribution < 1.29 is 0 Å². The molecule has 0 saturated heterocycles. The van der Waals surface area contributed by atoms with Gasteiger partial charge >= 0.3 is 0 Å². The maximum absolute atomic E-state index is 3.92. The molecule has 3 aliphatic rings. The Morgan fingerprint density at radius 2 is 0.667 bits per heavy atom. The van der Waals surface area contributed by atoms with Crippen LogP contribution >= 0.6 is 0 Å². The summed E-state index contributed by atoms with van der Waals surface area (Å²) in [7, 11) is 0. The monoisotopic (exact) mass is 282 g/mol. The van der Waals surface area contributed by atoms with E-state index >= 15 is 0 Å². The molecule has 102 valence electrons. The van der Waals surface area contributed by atoms with E-state index in [4.69, 9.17) is 0 Å². The molecule has 4 rings (SSSR count). The minimum absolute atomic E-state index is 0.491. The third-order valence-corrected chi connectivity index (χ3v) is 2.98. The standard InChI is InChI=1S/C9H6N12/c1-4(7-10-16-17-11-7)2-6(9-14-20-21-15-9)3-5(1)8-12-18-19-13-8/h1-3,7-9H. The second kappa shape index (κ2) is 4.73. The molecule has 12 heteroatoms. The van der Waals surface area contributed by atoms with Gasteiger partial charge in [0.05, 0.1) is 0 Å². The molecule has 0 atom stereocenters. The van der Waals surface area contributed by atoms with Crippen molar-refractivity contribution in [1.29, 1.82) is 0 Å². The van der Waals surface area contributed by atoms with Crippen LogP contribution in [-0.2, 0) is 0 Å². The van der Waals surface area contributed by atoms with Crippen LogP contribution in [0.5, 0.6) is 0 Å². The summed E-state index contributed by atoms with van der Waals surface area (Å²) in [6, 6.07) is 5.57. The van der Waals surface area contributed by atoms with E-state index in [1.165, 1.54) is 0 Å². The molecule has 0 fully saturated rings. The lowest BCUT2D eigenvalue weighted by atomic mass is 10.0. The summed E-state index contributed by atoms with van der Waals surface area (Å²) in [6.07, 6.45) is -1.47. The Bertz CT molecular complexity index is 595. The summed E-state index contributed by atoms with van der Waals surface area (Å²) >= 11 is 0. The first kappa shape index (κ1) is 11.6. The highest BCUT2D eigenvalue weighted by Gasteiger charge is 2.23. The van der Waals surface area contributed by atoms with Gasteiger partial charge in [0, 0.05) is 16.7 Å². The minimum Gasteiger partial charge on any atom is -0.133 e. The summed E-state index contributed by atoms with van der Waals surface area (Å²) in [6.45, 7) is 0. The highest BCUT2D eigenvalue weighted by Crippen LogP contribution is 2.34. The molecule has 0 radical (unpaired) electrons. The Morgan fingerprint density at radius 1 is 0.429 bits per heavy atom. The van der Waals surface area contributed by atoms with Gasteiger partial charge in [0.1, 0.15) is 0 Å². The molecule has 21 heavy (non-hydrogen) atoms. The topological polar surface area (TPSA) is 148 Å². The Labute approximate surface area is 116 Å². The second-order valence-electron chi connectivity index (χ2n) is 4.28. The van der Waals surface area contributed by atoms with Crippen molar-refractivity contribution in [2.45, 2.75) is 18.5 Å². The van der Waals surface area contributed by atoms with Gasteiger partial charge in [-0.05, 0) is 49.5 Å². The van der Waals surface area contributed by atoms with Crippen molar-refractivity contribution >= 4 is 0 Å². The first-order valence-corrected chi connectivity index (χ1v) is 5.95. The third kappa shape index (κ3) is 2.11. The fourth-order valence-corrected chi connectivity index (χ4v) is 2.05. The number of nitrogens with zero attached hydrogens (tertiary/aromatic N) is 12. The first-order chi connectivity index (χ1) is 10.4. The fraction of sp³-hybridized carbons (Fsp3) is 0.333. The van der Waals surface area contributed by atoms with Gasteiger partial charge in [0.2, 0.25) is 18.5 Å². The molecule has 0 saturated carbocycles. The van der Waals surface area contributed by atoms with Crippen LogP contribution in [0.25, 0.3) is 0 Å². The minimum atomic E-state index is -0.491. The lowest BCUT2D eigenvalue weighted by Crippen LogP contribution is -1.99. The molecular weight excluding hydrogens is 276 g/mol. The summed E-state index contributed by atoms with van der Waals surface area (Å²) < 4.78 is 0. The van der Waals surface area contributed by atoms with Crippen molar-refractivity contribution in [3.8, 4) is 0 Å². The van der Waals surface area contributed by atoms with E-state index < -0.39 is 18.5 Å². The molecule has 0 N–H and O–H groups in total. The molecule has 0 aromatic heterocycles. The molecule has 3 heterocycles. The van der Waals surface area contributed by atoms with E-state index in [2.05, 4.69) is 62.0 Å². The Kier molecular flexibility index (Phi) is 2.62. The van der Waals surface area contributed by atoms with Crippen molar-refractivity contribution in [2.24, 2.45) is 62.0 Å². The van der Waals surface area contributed by atoms with E-state index in [0.29, 0.717) is 0 Å². The maximum atomic E-state index is 3.92. The van der Waals surface area contributed by atoms with Gasteiger partial charge < -0.3 is 0 Å². The molecule has 0 aliphatic carbocycles. The SMILES string of the molecule is c1c(C2N=NN=N2)cc(C2N=NN=N2)cc1C1N=NN=N1. The average molecular weight is 282 g/mol. The molecule has 0 unspecified atom stereocenters. The Balaban J connectivity index is 1.79. The fourth-order valence-electron chi connectivity index (χ4n) is 2.05. The van der Waals surface area contributed by atoms with Crippen LogP contribution in [0.15, 0.2) is 80.2 Å². The molecule has 0 bridgehead atoms. The average Bonchev–Trinajstić information content (AvgIpc) is 3.29. The highest BCUT2D eigenvalue weighted by atomic mass is 15.6. The molecule has 12 nitrogen and oxygen atoms in total. The molecule has 1 aromatic rings. The molecule has 0 amide bonds. The third-order valence-electron chi connectivity index (χ3n) is 2.98. The van der Waals surface area contributed by atoms with E-state index in [0.717, 1.165) is 16.7 Å². The van der Waals surface area contributed by atoms with Gasteiger partial charge in [-0.25, -0.2) is 0 Å². The van der Waals surface area contributed by atoms with Crippen molar-refractivity contribution in [3.63, 3.8) is 0 Å². The van der Waals surface area contributed by atoms with Crippen molar-refractivity contribution in [2.75, 3.05) is 0 Å². The van der Waals surface area contributed by atoms with Crippen LogP contribution in [0.3, 0.4) is 0 Å². The van der Waals surface area contributed by atoms with E-state index in [1.807, 2.05) is 18.2 Å². The quantitative estimate of drug-likeness (QED) is 0.781. The van der Waals surface area contributed by atoms with Gasteiger partial charge in [0.15, 0.2) is 0 Å². The van der Waals surface area contributed by atoms with Crippen LogP contribution < -0.4 is 0 Å². The predicted molar refractivity (Wildman–Crippen MR) is 63.8 cm³/mol. The summed E-state index contributed by atoms with van der Waals surface area (Å²) in [5.41, 5.74) is 2.34. The molecular formula is C9H6N12. The van der Waals surface area contributed by atoms with Gasteiger partial charge in [0.25, 0.3) is 0 Å². The molecule has 0 spiro atoms. The van der Waals surface area contributed by atoms with Crippen LogP contribution in [0.4, 0.5) is 0 Å². The van der Waals surface area contributed by atoms with Crippen molar-refractivity contribution in [1.82, 2.24) is 0 Å².